The summed E-state index contributed by atoms with van der Waals surface area (Å²) in [6.07, 6.45) is 0. The first-order chi connectivity index (χ1) is 11.7. The van der Waals surface area contributed by atoms with E-state index in [2.05, 4.69) is 5.32 Å². The van der Waals surface area contributed by atoms with Crippen molar-refractivity contribution in [1.82, 2.24) is 5.32 Å². The number of nitrogens with one attached hydrogen (secondary N) is 2. The third-order valence-corrected chi connectivity index (χ3v) is 4.66. The van der Waals surface area contributed by atoms with E-state index in [1.165, 1.54) is 24.3 Å². The third-order valence-electron chi connectivity index (χ3n) is 3.30. The molecule has 0 aliphatic rings. The zero-order valence-electron chi connectivity index (χ0n) is 13.7. The van der Waals surface area contributed by atoms with Gasteiger partial charge in [-0.25, -0.2) is 17.2 Å². The van der Waals surface area contributed by atoms with E-state index in [4.69, 9.17) is 0 Å². The summed E-state index contributed by atoms with van der Waals surface area (Å²) in [6, 6.07) is 8.10. The predicted octanol–water partition coefficient (Wildman–Crippen LogP) is 3.15. The monoisotopic (exact) mass is 368 g/mol. The van der Waals surface area contributed by atoms with Crippen LogP contribution in [0.15, 0.2) is 47.4 Å². The van der Waals surface area contributed by atoms with Crippen molar-refractivity contribution in [2.45, 2.75) is 18.7 Å². The summed E-state index contributed by atoms with van der Waals surface area (Å²) >= 11 is 0. The van der Waals surface area contributed by atoms with E-state index in [-0.39, 0.29) is 22.3 Å². The van der Waals surface area contributed by atoms with Crippen molar-refractivity contribution in [3.8, 4) is 0 Å². The molecule has 2 N–H and O–H groups in total. The number of rotatable bonds is 6. The SMILES string of the molecule is CC(C)CNC(=O)c1ccc(S(=O)(=O)Nc2c(F)cccc2F)cc1. The molecule has 0 aliphatic heterocycles. The lowest BCUT2D eigenvalue weighted by molar-refractivity contribution is 0.0949. The van der Waals surface area contributed by atoms with Crippen molar-refractivity contribution < 1.29 is 22.0 Å². The Balaban J connectivity index is 2.19. The molecule has 0 heterocycles. The molecule has 134 valence electrons. The van der Waals surface area contributed by atoms with E-state index in [1.54, 1.807) is 0 Å². The minimum absolute atomic E-state index is 0.212. The van der Waals surface area contributed by atoms with Crippen LogP contribution in [-0.2, 0) is 10.0 Å². The molecule has 0 unspecified atom stereocenters. The van der Waals surface area contributed by atoms with Gasteiger partial charge in [0, 0.05) is 12.1 Å². The lowest BCUT2D eigenvalue weighted by Crippen LogP contribution is -2.27. The van der Waals surface area contributed by atoms with Gasteiger partial charge in [0.05, 0.1) is 4.90 Å². The summed E-state index contributed by atoms with van der Waals surface area (Å²) in [5.41, 5.74) is -0.460. The van der Waals surface area contributed by atoms with Crippen LogP contribution < -0.4 is 10.0 Å². The zero-order chi connectivity index (χ0) is 18.6. The normalized spacial score (nSPS) is 11.4. The highest BCUT2D eigenvalue weighted by Crippen LogP contribution is 2.22. The first-order valence-electron chi connectivity index (χ1n) is 7.56. The molecule has 0 saturated heterocycles. The Hall–Kier alpha value is -2.48. The molecule has 2 rings (SSSR count). The highest BCUT2D eigenvalue weighted by molar-refractivity contribution is 7.92. The van der Waals surface area contributed by atoms with Crippen LogP contribution in [-0.4, -0.2) is 20.9 Å². The quantitative estimate of drug-likeness (QED) is 0.822. The Bertz CT molecular complexity index is 846. The van der Waals surface area contributed by atoms with Crippen LogP contribution in [0.25, 0.3) is 0 Å². The number of halogens is 2. The van der Waals surface area contributed by atoms with Crippen molar-refractivity contribution >= 4 is 21.6 Å². The minimum atomic E-state index is -4.19. The van der Waals surface area contributed by atoms with Crippen molar-refractivity contribution in [3.05, 3.63) is 59.7 Å². The maximum absolute atomic E-state index is 13.6. The molecule has 25 heavy (non-hydrogen) atoms. The molecule has 1 amide bonds. The van der Waals surface area contributed by atoms with E-state index >= 15 is 0 Å². The molecular formula is C17H18F2N2O3S. The van der Waals surface area contributed by atoms with Gasteiger partial charge in [-0.05, 0) is 42.3 Å². The Morgan fingerprint density at radius 1 is 1.04 bits per heavy atom. The first kappa shape index (κ1) is 18.9. The summed E-state index contributed by atoms with van der Waals surface area (Å²) < 4.78 is 53.6. The Morgan fingerprint density at radius 3 is 2.12 bits per heavy atom. The van der Waals surface area contributed by atoms with Gasteiger partial charge in [0.2, 0.25) is 0 Å². The van der Waals surface area contributed by atoms with Gasteiger partial charge in [0.25, 0.3) is 15.9 Å². The van der Waals surface area contributed by atoms with Gasteiger partial charge in [-0.1, -0.05) is 19.9 Å². The van der Waals surface area contributed by atoms with Crippen molar-refractivity contribution in [2.24, 2.45) is 5.92 Å². The fourth-order valence-corrected chi connectivity index (χ4v) is 3.05. The van der Waals surface area contributed by atoms with Crippen molar-refractivity contribution in [2.75, 3.05) is 11.3 Å². The summed E-state index contributed by atoms with van der Waals surface area (Å²) in [4.78, 5) is 11.7. The number of amides is 1. The molecule has 0 radical (unpaired) electrons. The fourth-order valence-electron chi connectivity index (χ4n) is 1.97. The summed E-state index contributed by atoms with van der Waals surface area (Å²) in [5.74, 6) is -2.09. The van der Waals surface area contributed by atoms with Gasteiger partial charge in [-0.2, -0.15) is 0 Å². The van der Waals surface area contributed by atoms with Crippen LogP contribution in [0, 0.1) is 17.6 Å². The van der Waals surface area contributed by atoms with Crippen LogP contribution in [0.4, 0.5) is 14.5 Å². The number of hydrogen-bond donors (Lipinski definition) is 2. The van der Waals surface area contributed by atoms with E-state index < -0.39 is 27.3 Å². The zero-order valence-corrected chi connectivity index (χ0v) is 14.5. The van der Waals surface area contributed by atoms with E-state index in [0.717, 1.165) is 18.2 Å². The van der Waals surface area contributed by atoms with Crippen LogP contribution >= 0.6 is 0 Å². The summed E-state index contributed by atoms with van der Waals surface area (Å²) in [5, 5.41) is 2.71. The molecule has 5 nitrogen and oxygen atoms in total. The molecule has 0 fully saturated rings. The average Bonchev–Trinajstić information content (AvgIpc) is 2.56. The topological polar surface area (TPSA) is 75.3 Å². The van der Waals surface area contributed by atoms with Gasteiger partial charge in [0.15, 0.2) is 0 Å². The standard InChI is InChI=1S/C17H18F2N2O3S/c1-11(2)10-20-17(22)12-6-8-13(9-7-12)25(23,24)21-16-14(18)4-3-5-15(16)19/h3-9,11,21H,10H2,1-2H3,(H,20,22). The lowest BCUT2D eigenvalue weighted by Gasteiger charge is -2.11. The molecule has 0 aliphatic carbocycles. The van der Waals surface area contributed by atoms with Gasteiger partial charge in [-0.15, -0.1) is 0 Å². The second kappa shape index (κ2) is 7.60. The van der Waals surface area contributed by atoms with Gasteiger partial charge < -0.3 is 5.32 Å². The van der Waals surface area contributed by atoms with Gasteiger partial charge in [-0.3, -0.25) is 9.52 Å². The number of para-hydroxylation sites is 1. The molecule has 2 aromatic rings. The number of hydrogen-bond acceptors (Lipinski definition) is 3. The maximum atomic E-state index is 13.6. The van der Waals surface area contributed by atoms with Crippen LogP contribution in [0.2, 0.25) is 0 Å². The molecule has 8 heteroatoms. The second-order valence-corrected chi connectivity index (χ2v) is 7.51. The smallest absolute Gasteiger partial charge is 0.262 e. The summed E-state index contributed by atoms with van der Waals surface area (Å²) in [6.45, 7) is 4.39. The number of benzene rings is 2. The Morgan fingerprint density at radius 2 is 1.60 bits per heavy atom. The second-order valence-electron chi connectivity index (χ2n) is 5.83. The number of sulfonamides is 1. The maximum Gasteiger partial charge on any atom is 0.262 e. The molecule has 0 bridgehead atoms. The largest absolute Gasteiger partial charge is 0.352 e. The van der Waals surface area contributed by atoms with E-state index in [1.807, 2.05) is 18.6 Å². The first-order valence-corrected chi connectivity index (χ1v) is 9.04. The van der Waals surface area contributed by atoms with Gasteiger partial charge in [0.1, 0.15) is 17.3 Å². The van der Waals surface area contributed by atoms with Gasteiger partial charge >= 0.3 is 0 Å². The average molecular weight is 368 g/mol. The van der Waals surface area contributed by atoms with Crippen LogP contribution in [0.3, 0.4) is 0 Å². The highest BCUT2D eigenvalue weighted by Gasteiger charge is 2.19. The Labute approximate surface area is 145 Å². The van der Waals surface area contributed by atoms with Crippen LogP contribution in [0.1, 0.15) is 24.2 Å². The molecule has 0 spiro atoms. The van der Waals surface area contributed by atoms with E-state index in [0.29, 0.717) is 6.54 Å². The van der Waals surface area contributed by atoms with Crippen molar-refractivity contribution in [1.29, 1.82) is 0 Å². The Kier molecular flexibility index (Phi) is 5.73. The lowest BCUT2D eigenvalue weighted by atomic mass is 10.2. The minimum Gasteiger partial charge on any atom is -0.352 e. The van der Waals surface area contributed by atoms with Crippen molar-refractivity contribution in [3.63, 3.8) is 0 Å². The summed E-state index contributed by atoms with van der Waals surface area (Å²) in [7, 11) is -4.19. The third kappa shape index (κ3) is 4.76. The molecule has 0 aromatic heterocycles. The molecule has 0 saturated carbocycles. The van der Waals surface area contributed by atoms with Crippen LogP contribution in [0.5, 0.6) is 0 Å². The molecule has 0 atom stereocenters. The number of carbonyl (C=O) groups excluding carboxylic acids is 1. The fraction of sp³-hybridized carbons (Fsp3) is 0.235. The number of anilines is 1. The molecular weight excluding hydrogens is 350 g/mol. The highest BCUT2D eigenvalue weighted by atomic mass is 32.2. The van der Waals surface area contributed by atoms with E-state index in [9.17, 15) is 22.0 Å². The predicted molar refractivity (Wildman–Crippen MR) is 90.8 cm³/mol. The number of carbonyl (C=O) groups is 1. The molecule has 2 aromatic carbocycles.